The summed E-state index contributed by atoms with van der Waals surface area (Å²) in [6.07, 6.45) is 8.89. The van der Waals surface area contributed by atoms with E-state index in [1.54, 1.807) is 22.7 Å². The zero-order valence-corrected chi connectivity index (χ0v) is 17.1. The summed E-state index contributed by atoms with van der Waals surface area (Å²) in [5.41, 5.74) is 1.92. The van der Waals surface area contributed by atoms with Crippen LogP contribution in [0, 0.1) is 0 Å². The molecule has 2 aromatic heterocycles. The average Bonchev–Trinajstić information content (AvgIpc) is 3.20. The van der Waals surface area contributed by atoms with Gasteiger partial charge in [-0.25, -0.2) is 15.1 Å². The number of phenols is 1. The molecule has 0 bridgehead atoms. The van der Waals surface area contributed by atoms with Gasteiger partial charge >= 0.3 is 5.91 Å². The molecule has 7 heteroatoms. The SMILES string of the molecule is CCN(C(=O)c1ccc([NH2+]C(=O)c2cnc3ccccn23)c(O)c1)C1CCCCC1. The van der Waals surface area contributed by atoms with Crippen molar-refractivity contribution in [1.29, 1.82) is 0 Å². The summed E-state index contributed by atoms with van der Waals surface area (Å²) < 4.78 is 1.71. The fourth-order valence-electron chi connectivity index (χ4n) is 4.25. The fraction of sp³-hybridized carbons (Fsp3) is 0.348. The molecular formula is C23H27N4O3+. The zero-order chi connectivity index (χ0) is 21.1. The number of benzene rings is 1. The quantitative estimate of drug-likeness (QED) is 0.503. The fourth-order valence-corrected chi connectivity index (χ4v) is 4.25. The van der Waals surface area contributed by atoms with Gasteiger partial charge in [-0.1, -0.05) is 25.3 Å². The molecule has 1 fully saturated rings. The van der Waals surface area contributed by atoms with Gasteiger partial charge in [-0.3, -0.25) is 9.20 Å². The van der Waals surface area contributed by atoms with E-state index in [9.17, 15) is 14.7 Å². The normalized spacial score (nSPS) is 14.7. The van der Waals surface area contributed by atoms with Crippen molar-refractivity contribution in [2.75, 3.05) is 6.54 Å². The minimum atomic E-state index is -0.263. The number of nitrogens with two attached hydrogens (primary N) is 1. The van der Waals surface area contributed by atoms with Crippen molar-refractivity contribution in [3.8, 4) is 5.75 Å². The summed E-state index contributed by atoms with van der Waals surface area (Å²) in [6.45, 7) is 2.63. The largest absolute Gasteiger partial charge is 0.503 e. The van der Waals surface area contributed by atoms with Gasteiger partial charge in [-0.15, -0.1) is 0 Å². The second-order valence-electron chi connectivity index (χ2n) is 7.74. The Morgan fingerprint density at radius 1 is 1.20 bits per heavy atom. The highest BCUT2D eigenvalue weighted by molar-refractivity contribution is 5.95. The molecule has 0 spiro atoms. The molecule has 7 nitrogen and oxygen atoms in total. The molecule has 0 atom stereocenters. The standard InChI is InChI=1S/C23H26N4O3/c1-2-26(17-8-4-3-5-9-17)23(30)16-11-12-18(20(28)14-16)25-22(29)19-15-24-21-10-6-7-13-27(19)21/h6-7,10-15,17,28H,2-5,8-9H2,1H3,(H,25,29)/p+1. The number of carbonyl (C=O) groups is 2. The van der Waals surface area contributed by atoms with Crippen molar-refractivity contribution in [3.63, 3.8) is 0 Å². The van der Waals surface area contributed by atoms with E-state index in [1.807, 2.05) is 30.0 Å². The third kappa shape index (κ3) is 3.93. The average molecular weight is 407 g/mol. The van der Waals surface area contributed by atoms with E-state index < -0.39 is 0 Å². The minimum Gasteiger partial charge on any atom is -0.503 e. The van der Waals surface area contributed by atoms with Crippen LogP contribution in [0.25, 0.3) is 5.65 Å². The number of hydrogen-bond donors (Lipinski definition) is 2. The van der Waals surface area contributed by atoms with Crippen molar-refractivity contribution in [1.82, 2.24) is 14.3 Å². The van der Waals surface area contributed by atoms with Crippen molar-refractivity contribution >= 4 is 23.1 Å². The summed E-state index contributed by atoms with van der Waals surface area (Å²) in [5, 5.41) is 11.9. The van der Waals surface area contributed by atoms with Crippen LogP contribution >= 0.6 is 0 Å². The second-order valence-corrected chi connectivity index (χ2v) is 7.74. The number of quaternary nitrogens is 1. The van der Waals surface area contributed by atoms with Gasteiger partial charge in [0, 0.05) is 30.4 Å². The first kappa shape index (κ1) is 20.1. The van der Waals surface area contributed by atoms with Crippen LogP contribution in [0.2, 0.25) is 0 Å². The highest BCUT2D eigenvalue weighted by atomic mass is 16.3. The Bertz CT molecular complexity index is 1070. The van der Waals surface area contributed by atoms with Gasteiger partial charge in [0.05, 0.1) is 6.20 Å². The summed E-state index contributed by atoms with van der Waals surface area (Å²) in [6, 6.07) is 10.5. The maximum absolute atomic E-state index is 13.0. The highest BCUT2D eigenvalue weighted by Crippen LogP contribution is 2.26. The minimum absolute atomic E-state index is 0.0700. The van der Waals surface area contributed by atoms with Gasteiger partial charge in [0.25, 0.3) is 5.91 Å². The van der Waals surface area contributed by atoms with Crippen LogP contribution in [0.4, 0.5) is 5.69 Å². The molecule has 1 aromatic carbocycles. The number of fused-ring (bicyclic) bond motifs is 1. The van der Waals surface area contributed by atoms with E-state index in [0.717, 1.165) is 25.7 Å². The number of hydrogen-bond acceptors (Lipinski definition) is 4. The molecule has 4 rings (SSSR count). The molecule has 1 aliphatic carbocycles. The molecule has 0 unspecified atom stereocenters. The number of rotatable bonds is 5. The number of pyridine rings is 1. The molecule has 0 aliphatic heterocycles. The Labute approximate surface area is 175 Å². The lowest BCUT2D eigenvalue weighted by Crippen LogP contribution is -2.82. The van der Waals surface area contributed by atoms with Gasteiger partial charge in [0.2, 0.25) is 0 Å². The van der Waals surface area contributed by atoms with Gasteiger partial charge < -0.3 is 10.0 Å². The van der Waals surface area contributed by atoms with Crippen LogP contribution in [0.1, 0.15) is 59.9 Å². The second kappa shape index (κ2) is 8.67. The summed E-state index contributed by atoms with van der Waals surface area (Å²) in [7, 11) is 0. The van der Waals surface area contributed by atoms with E-state index >= 15 is 0 Å². The number of carbonyl (C=O) groups excluding carboxylic acids is 2. The summed E-state index contributed by atoms with van der Waals surface area (Å²) >= 11 is 0. The molecule has 156 valence electrons. The number of nitrogens with zero attached hydrogens (tertiary/aromatic N) is 3. The first-order chi connectivity index (χ1) is 14.6. The zero-order valence-electron chi connectivity index (χ0n) is 17.1. The first-order valence-electron chi connectivity index (χ1n) is 10.5. The predicted molar refractivity (Wildman–Crippen MR) is 113 cm³/mol. The van der Waals surface area contributed by atoms with E-state index in [0.29, 0.717) is 29.1 Å². The molecule has 1 aliphatic rings. The number of primary amides is 1. The summed E-state index contributed by atoms with van der Waals surface area (Å²) in [5.74, 6) is -0.414. The molecule has 2 heterocycles. The molecule has 1 saturated carbocycles. The number of aromatic hydroxyl groups is 1. The Hall–Kier alpha value is -3.19. The number of imidazole rings is 1. The topological polar surface area (TPSA) is 91.5 Å². The number of aromatic nitrogens is 2. The van der Waals surface area contributed by atoms with Gasteiger partial charge in [0.15, 0.2) is 17.1 Å². The van der Waals surface area contributed by atoms with E-state index in [4.69, 9.17) is 0 Å². The monoisotopic (exact) mass is 407 g/mol. The molecule has 3 aromatic rings. The maximum Gasteiger partial charge on any atom is 0.366 e. The van der Waals surface area contributed by atoms with Crippen LogP contribution in [-0.2, 0) is 0 Å². The van der Waals surface area contributed by atoms with Crippen LogP contribution in [0.3, 0.4) is 0 Å². The van der Waals surface area contributed by atoms with Crippen LogP contribution < -0.4 is 5.32 Å². The van der Waals surface area contributed by atoms with E-state index in [1.165, 1.54) is 24.0 Å². The Morgan fingerprint density at radius 2 is 2.00 bits per heavy atom. The maximum atomic E-state index is 13.0. The molecule has 30 heavy (non-hydrogen) atoms. The smallest absolute Gasteiger partial charge is 0.366 e. The Morgan fingerprint density at radius 3 is 2.73 bits per heavy atom. The van der Waals surface area contributed by atoms with Crippen LogP contribution in [0.5, 0.6) is 5.75 Å². The molecule has 0 radical (unpaired) electrons. The third-order valence-corrected chi connectivity index (χ3v) is 5.85. The van der Waals surface area contributed by atoms with Crippen LogP contribution in [0.15, 0.2) is 48.8 Å². The van der Waals surface area contributed by atoms with Crippen molar-refractivity contribution in [3.05, 3.63) is 60.0 Å². The Kier molecular flexibility index (Phi) is 5.81. The predicted octanol–water partition coefficient (Wildman–Crippen LogP) is 2.87. The third-order valence-electron chi connectivity index (χ3n) is 5.85. The first-order valence-corrected chi connectivity index (χ1v) is 10.5. The van der Waals surface area contributed by atoms with Gasteiger partial charge in [-0.2, -0.15) is 0 Å². The molecular weight excluding hydrogens is 380 g/mol. The lowest BCUT2D eigenvalue weighted by atomic mass is 9.93. The Balaban J connectivity index is 1.51. The molecule has 3 N–H and O–H groups in total. The highest BCUT2D eigenvalue weighted by Gasteiger charge is 2.26. The number of phenolic OH excluding ortho intramolecular Hbond substituents is 1. The van der Waals surface area contributed by atoms with Crippen molar-refractivity contribution in [2.45, 2.75) is 45.1 Å². The number of amides is 2. The van der Waals surface area contributed by atoms with Crippen molar-refractivity contribution in [2.24, 2.45) is 0 Å². The lowest BCUT2D eigenvalue weighted by molar-refractivity contribution is -0.465. The lowest BCUT2D eigenvalue weighted by Gasteiger charge is -2.33. The molecule has 0 saturated heterocycles. The van der Waals surface area contributed by atoms with E-state index in [-0.39, 0.29) is 23.6 Å². The molecule has 2 amide bonds. The summed E-state index contributed by atoms with van der Waals surface area (Å²) in [4.78, 5) is 31.9. The van der Waals surface area contributed by atoms with Gasteiger partial charge in [0.1, 0.15) is 5.65 Å². The van der Waals surface area contributed by atoms with Crippen molar-refractivity contribution < 1.29 is 20.0 Å². The van der Waals surface area contributed by atoms with E-state index in [2.05, 4.69) is 4.98 Å². The van der Waals surface area contributed by atoms with Gasteiger partial charge in [-0.05, 0) is 44.0 Å². The van der Waals surface area contributed by atoms with Crippen LogP contribution in [-0.4, -0.2) is 43.8 Å².